The zero-order valence-electron chi connectivity index (χ0n) is 11.9. The lowest BCUT2D eigenvalue weighted by molar-refractivity contribution is -0.131. The van der Waals surface area contributed by atoms with E-state index >= 15 is 0 Å². The highest BCUT2D eigenvalue weighted by molar-refractivity contribution is 5.97. The fourth-order valence-corrected chi connectivity index (χ4v) is 1.59. The standard InChI is InChI=1S/C14H18N2O5/c1-20-9-11(21-2)8-16-14(19)13-10(4-3-7-15-13)5-6-12(17)18/h3-7,11H,8-9H2,1-2H3,(H,16,19)(H,17,18)/b6-5+. The van der Waals surface area contributed by atoms with E-state index in [1.54, 1.807) is 19.2 Å². The van der Waals surface area contributed by atoms with Gasteiger partial charge in [-0.15, -0.1) is 0 Å². The first kappa shape index (κ1) is 16.8. The topological polar surface area (TPSA) is 97.8 Å². The van der Waals surface area contributed by atoms with Crippen molar-refractivity contribution in [3.05, 3.63) is 35.7 Å². The van der Waals surface area contributed by atoms with Gasteiger partial charge in [-0.05, 0) is 12.1 Å². The van der Waals surface area contributed by atoms with Crippen molar-refractivity contribution in [3.8, 4) is 0 Å². The molecule has 1 heterocycles. The first-order chi connectivity index (χ1) is 10.1. The molecule has 0 fully saturated rings. The Morgan fingerprint density at radius 1 is 1.48 bits per heavy atom. The zero-order chi connectivity index (χ0) is 15.7. The van der Waals surface area contributed by atoms with Gasteiger partial charge in [0.15, 0.2) is 0 Å². The summed E-state index contributed by atoms with van der Waals surface area (Å²) < 4.78 is 10.1. The van der Waals surface area contributed by atoms with Gasteiger partial charge in [-0.3, -0.25) is 9.78 Å². The van der Waals surface area contributed by atoms with Gasteiger partial charge in [-0.25, -0.2) is 4.79 Å². The lowest BCUT2D eigenvalue weighted by atomic mass is 10.1. The number of carbonyl (C=O) groups excluding carboxylic acids is 1. The second kappa shape index (κ2) is 8.83. The molecule has 1 rings (SSSR count). The van der Waals surface area contributed by atoms with Crippen LogP contribution in [0.25, 0.3) is 6.08 Å². The van der Waals surface area contributed by atoms with E-state index in [0.717, 1.165) is 6.08 Å². The molecule has 0 aromatic carbocycles. The highest BCUT2D eigenvalue weighted by Gasteiger charge is 2.14. The van der Waals surface area contributed by atoms with Crippen LogP contribution in [0.4, 0.5) is 0 Å². The first-order valence-corrected chi connectivity index (χ1v) is 6.24. The number of rotatable bonds is 8. The molecule has 21 heavy (non-hydrogen) atoms. The fraction of sp³-hybridized carbons (Fsp3) is 0.357. The van der Waals surface area contributed by atoms with Gasteiger partial charge in [0, 0.05) is 38.6 Å². The summed E-state index contributed by atoms with van der Waals surface area (Å²) in [5, 5.41) is 11.3. The highest BCUT2D eigenvalue weighted by atomic mass is 16.5. The second-order valence-electron chi connectivity index (χ2n) is 4.14. The predicted molar refractivity (Wildman–Crippen MR) is 75.9 cm³/mol. The molecule has 1 amide bonds. The van der Waals surface area contributed by atoms with Gasteiger partial charge < -0.3 is 19.9 Å². The molecule has 0 aliphatic heterocycles. The van der Waals surface area contributed by atoms with Crippen LogP contribution in [0.3, 0.4) is 0 Å². The number of carbonyl (C=O) groups is 2. The van der Waals surface area contributed by atoms with Crippen LogP contribution < -0.4 is 5.32 Å². The van der Waals surface area contributed by atoms with Crippen LogP contribution in [0.1, 0.15) is 16.1 Å². The number of carboxylic acid groups (broad SMARTS) is 1. The van der Waals surface area contributed by atoms with Crippen molar-refractivity contribution in [1.29, 1.82) is 0 Å². The average Bonchev–Trinajstić information content (AvgIpc) is 2.49. The molecule has 0 aliphatic rings. The molecule has 1 aromatic heterocycles. The van der Waals surface area contributed by atoms with Crippen LogP contribution >= 0.6 is 0 Å². The molecule has 0 saturated heterocycles. The zero-order valence-corrected chi connectivity index (χ0v) is 11.9. The molecule has 7 heteroatoms. The molecule has 114 valence electrons. The number of methoxy groups -OCH3 is 2. The third-order valence-corrected chi connectivity index (χ3v) is 2.64. The highest BCUT2D eigenvalue weighted by Crippen LogP contribution is 2.07. The Labute approximate surface area is 122 Å². The molecule has 0 radical (unpaired) electrons. The van der Waals surface area contributed by atoms with Crippen molar-refractivity contribution >= 4 is 18.0 Å². The minimum absolute atomic E-state index is 0.155. The van der Waals surface area contributed by atoms with Crippen LogP contribution in [0.15, 0.2) is 24.4 Å². The normalized spacial score (nSPS) is 12.3. The minimum Gasteiger partial charge on any atom is -0.478 e. The van der Waals surface area contributed by atoms with E-state index in [1.807, 2.05) is 0 Å². The summed E-state index contributed by atoms with van der Waals surface area (Å²) >= 11 is 0. The summed E-state index contributed by atoms with van der Waals surface area (Å²) in [5.74, 6) is -1.50. The third-order valence-electron chi connectivity index (χ3n) is 2.64. The number of pyridine rings is 1. The Kier molecular flexibility index (Phi) is 7.06. The van der Waals surface area contributed by atoms with Gasteiger partial charge in [0.25, 0.3) is 5.91 Å². The van der Waals surface area contributed by atoms with Crippen molar-refractivity contribution in [2.24, 2.45) is 0 Å². The number of aromatic nitrogens is 1. The van der Waals surface area contributed by atoms with Crippen LogP contribution in [0.2, 0.25) is 0 Å². The first-order valence-electron chi connectivity index (χ1n) is 6.24. The smallest absolute Gasteiger partial charge is 0.328 e. The molecule has 1 aromatic rings. The molecule has 2 N–H and O–H groups in total. The molecular weight excluding hydrogens is 276 g/mol. The SMILES string of the molecule is COCC(CNC(=O)c1ncccc1/C=C/C(=O)O)OC. The number of carboxylic acids is 1. The van der Waals surface area contributed by atoms with E-state index in [-0.39, 0.29) is 18.3 Å². The van der Waals surface area contributed by atoms with Crippen LogP contribution in [-0.2, 0) is 14.3 Å². The maximum Gasteiger partial charge on any atom is 0.328 e. The van der Waals surface area contributed by atoms with Gasteiger partial charge >= 0.3 is 5.97 Å². The Morgan fingerprint density at radius 3 is 2.86 bits per heavy atom. The van der Waals surface area contributed by atoms with Crippen molar-refractivity contribution in [2.75, 3.05) is 27.4 Å². The number of aliphatic carboxylic acids is 1. The summed E-state index contributed by atoms with van der Waals surface area (Å²) in [6, 6.07) is 3.24. The van der Waals surface area contributed by atoms with Crippen molar-refractivity contribution < 1.29 is 24.2 Å². The molecule has 0 spiro atoms. The van der Waals surface area contributed by atoms with E-state index in [2.05, 4.69) is 10.3 Å². The van der Waals surface area contributed by atoms with Gasteiger partial charge in [0.1, 0.15) is 5.69 Å². The third kappa shape index (κ3) is 5.72. The number of hydrogen-bond acceptors (Lipinski definition) is 5. The summed E-state index contributed by atoms with van der Waals surface area (Å²) in [6.07, 6.45) is 3.49. The Hall–Kier alpha value is -2.25. The van der Waals surface area contributed by atoms with Gasteiger partial charge in [0.05, 0.1) is 12.7 Å². The summed E-state index contributed by atoms with van der Waals surface area (Å²) in [4.78, 5) is 26.6. The lowest BCUT2D eigenvalue weighted by Gasteiger charge is -2.15. The Bertz CT molecular complexity index is 516. The predicted octanol–water partition coefficient (Wildman–Crippen LogP) is 0.571. The minimum atomic E-state index is -1.09. The van der Waals surface area contributed by atoms with Gasteiger partial charge in [-0.1, -0.05) is 6.07 Å². The van der Waals surface area contributed by atoms with Gasteiger partial charge in [0.2, 0.25) is 0 Å². The average molecular weight is 294 g/mol. The lowest BCUT2D eigenvalue weighted by Crippen LogP contribution is -2.36. The van der Waals surface area contributed by atoms with Crippen LogP contribution in [0, 0.1) is 0 Å². The molecule has 1 unspecified atom stereocenters. The molecular formula is C14H18N2O5. The number of hydrogen-bond donors (Lipinski definition) is 2. The number of nitrogens with one attached hydrogen (secondary N) is 1. The summed E-state index contributed by atoms with van der Waals surface area (Å²) in [6.45, 7) is 0.618. The largest absolute Gasteiger partial charge is 0.478 e. The quantitative estimate of drug-likeness (QED) is 0.680. The van der Waals surface area contributed by atoms with E-state index in [0.29, 0.717) is 12.2 Å². The fourth-order valence-electron chi connectivity index (χ4n) is 1.59. The summed E-state index contributed by atoms with van der Waals surface area (Å²) in [5.41, 5.74) is 0.584. The molecule has 0 bridgehead atoms. The second-order valence-corrected chi connectivity index (χ2v) is 4.14. The maximum absolute atomic E-state index is 12.1. The number of nitrogens with zero attached hydrogens (tertiary/aromatic N) is 1. The molecule has 1 atom stereocenters. The molecule has 0 saturated carbocycles. The summed E-state index contributed by atoms with van der Waals surface area (Å²) in [7, 11) is 3.07. The monoisotopic (exact) mass is 294 g/mol. The van der Waals surface area contributed by atoms with Crippen LogP contribution in [-0.4, -0.2) is 55.4 Å². The number of ether oxygens (including phenoxy) is 2. The van der Waals surface area contributed by atoms with E-state index < -0.39 is 11.9 Å². The Morgan fingerprint density at radius 2 is 2.24 bits per heavy atom. The van der Waals surface area contributed by atoms with E-state index in [4.69, 9.17) is 14.6 Å². The van der Waals surface area contributed by atoms with Crippen molar-refractivity contribution in [1.82, 2.24) is 10.3 Å². The van der Waals surface area contributed by atoms with E-state index in [9.17, 15) is 9.59 Å². The molecule has 0 aliphatic carbocycles. The molecule has 7 nitrogen and oxygen atoms in total. The van der Waals surface area contributed by atoms with Crippen LogP contribution in [0.5, 0.6) is 0 Å². The number of amides is 1. The van der Waals surface area contributed by atoms with E-state index in [1.165, 1.54) is 19.4 Å². The van der Waals surface area contributed by atoms with Crippen molar-refractivity contribution in [3.63, 3.8) is 0 Å². The Balaban J connectivity index is 2.76. The van der Waals surface area contributed by atoms with Gasteiger partial charge in [-0.2, -0.15) is 0 Å². The maximum atomic E-state index is 12.1. The van der Waals surface area contributed by atoms with Crippen molar-refractivity contribution in [2.45, 2.75) is 6.10 Å².